The molecule has 0 N–H and O–H groups in total. The largest absolute Gasteiger partial charge is 0.460 e. The maximum atomic E-state index is 13.9. The van der Waals surface area contributed by atoms with Gasteiger partial charge in [-0.1, -0.05) is 0 Å². The van der Waals surface area contributed by atoms with Gasteiger partial charge in [0.2, 0.25) is 0 Å². The zero-order chi connectivity index (χ0) is 55.3. The van der Waals surface area contributed by atoms with Gasteiger partial charge in [-0.3, -0.25) is 0 Å². The third-order valence-electron chi connectivity index (χ3n) is 7.80. The maximum Gasteiger partial charge on any atom is 0.460 e. The van der Waals surface area contributed by atoms with Gasteiger partial charge in [-0.2, -0.15) is 167 Å². The Hall–Kier alpha value is -3.98. The van der Waals surface area contributed by atoms with Gasteiger partial charge in [0.05, 0.1) is 0 Å². The number of ether oxygens (including phenoxy) is 2. The third-order valence-corrected chi connectivity index (χ3v) is 7.80. The molecule has 0 unspecified atom stereocenters. The summed E-state index contributed by atoms with van der Waals surface area (Å²) in [6, 6.07) is 0. The van der Waals surface area contributed by atoms with Gasteiger partial charge >= 0.3 is 119 Å². The summed E-state index contributed by atoms with van der Waals surface area (Å²) in [6.07, 6.45) is -17.6. The van der Waals surface area contributed by atoms with Gasteiger partial charge in [-0.25, -0.2) is 9.59 Å². The first-order valence-corrected chi connectivity index (χ1v) is 14.6. The number of hydrogen-bond donors (Lipinski definition) is 0. The van der Waals surface area contributed by atoms with Crippen LogP contribution in [0.15, 0.2) is 11.6 Å². The first-order valence-electron chi connectivity index (χ1n) is 14.6. The Morgan fingerprint density at radius 2 is 0.478 bits per heavy atom. The predicted molar refractivity (Wildman–Crippen MR) is 127 cm³/mol. The van der Waals surface area contributed by atoms with Crippen molar-refractivity contribution < 1.29 is 186 Å². The second-order valence-electron chi connectivity index (χ2n) is 12.5. The van der Waals surface area contributed by atoms with E-state index in [0.29, 0.717) is 0 Å². The molecule has 0 aliphatic carbocycles. The quantitative estimate of drug-likeness (QED) is 0.0693. The van der Waals surface area contributed by atoms with Crippen LogP contribution in [0.2, 0.25) is 0 Å². The molecule has 0 heterocycles. The van der Waals surface area contributed by atoms with E-state index in [4.69, 9.17) is 0 Å². The van der Waals surface area contributed by atoms with Crippen LogP contribution in [0.4, 0.5) is 167 Å². The van der Waals surface area contributed by atoms with Crippen molar-refractivity contribution in [1.29, 1.82) is 0 Å². The molecule has 42 heteroatoms. The van der Waals surface area contributed by atoms with E-state index in [0.717, 1.165) is 0 Å². The van der Waals surface area contributed by atoms with E-state index in [2.05, 4.69) is 9.47 Å². The third kappa shape index (κ3) is 8.73. The molecule has 0 aliphatic heterocycles. The number of esters is 2. The fourth-order valence-electron chi connectivity index (χ4n) is 3.68. The Balaban J connectivity index is 6.60. The molecule has 0 spiro atoms. The van der Waals surface area contributed by atoms with E-state index in [1.165, 1.54) is 0 Å². The second kappa shape index (κ2) is 16.6. The monoisotopic (exact) mass is 1090 g/mol. The second-order valence-corrected chi connectivity index (χ2v) is 12.5. The molecule has 0 amide bonds. The van der Waals surface area contributed by atoms with Crippen LogP contribution in [0.25, 0.3) is 0 Å². The summed E-state index contributed by atoms with van der Waals surface area (Å²) in [7, 11) is 0. The first-order chi connectivity index (χ1) is 28.4. The van der Waals surface area contributed by atoms with Crippen molar-refractivity contribution in [2.45, 2.75) is 114 Å². The molecule has 0 aromatic rings. The molecule has 0 atom stereocenters. The SMILES string of the molecule is C/C(=C\C(=O)OCC(F)(F)C(F)(F)C(F)(F)C(F)(F)C(F)(F)C(F)(F)C(F)(F)C(F)(F)C(F)(F)F)C(=O)OCC(F)(F)C(F)(F)C(F)(F)C(F)(F)C(F)(F)C(F)(F)C(F)(F)C(F)(F)C(F)(F)F. The van der Waals surface area contributed by atoms with Crippen LogP contribution >= 0.6 is 0 Å². The predicted octanol–water partition coefficient (Wildman–Crippen LogP) is 12.3. The fourth-order valence-corrected chi connectivity index (χ4v) is 3.68. The molecular formula is C25H8F38O4. The van der Waals surface area contributed by atoms with Crippen molar-refractivity contribution in [2.75, 3.05) is 13.2 Å². The lowest BCUT2D eigenvalue weighted by Crippen LogP contribution is -2.76. The van der Waals surface area contributed by atoms with E-state index in [1.807, 2.05) is 0 Å². The zero-order valence-corrected chi connectivity index (χ0v) is 29.5. The summed E-state index contributed by atoms with van der Waals surface area (Å²) in [5.41, 5.74) is -2.23. The number of halogens is 38. The molecule has 4 nitrogen and oxygen atoms in total. The molecule has 0 radical (unpaired) electrons. The van der Waals surface area contributed by atoms with E-state index >= 15 is 0 Å². The normalized spacial score (nSPS) is 16.6. The van der Waals surface area contributed by atoms with Gasteiger partial charge in [0, 0.05) is 11.6 Å². The number of carbonyl (C=O) groups is 2. The highest BCUT2D eigenvalue weighted by Gasteiger charge is 2.98. The number of carbonyl (C=O) groups excluding carboxylic acids is 2. The molecule has 67 heavy (non-hydrogen) atoms. The first kappa shape index (κ1) is 63.0. The highest BCUT2D eigenvalue weighted by atomic mass is 19.4. The average Bonchev–Trinajstić information content (AvgIpc) is 3.10. The van der Waals surface area contributed by atoms with E-state index < -0.39 is 144 Å². The van der Waals surface area contributed by atoms with Gasteiger partial charge in [-0.15, -0.1) is 0 Å². The number of hydrogen-bond acceptors (Lipinski definition) is 4. The number of rotatable bonds is 20. The van der Waals surface area contributed by atoms with Gasteiger partial charge in [0.15, 0.2) is 13.2 Å². The minimum Gasteiger partial charge on any atom is -0.456 e. The summed E-state index contributed by atoms with van der Waals surface area (Å²) in [5, 5.41) is 0. The average molecular weight is 1090 g/mol. The summed E-state index contributed by atoms with van der Waals surface area (Å²) in [5.74, 6) is -149. The Morgan fingerprint density at radius 3 is 0.687 bits per heavy atom. The summed E-state index contributed by atoms with van der Waals surface area (Å²) >= 11 is 0. The van der Waals surface area contributed by atoms with Crippen molar-refractivity contribution >= 4 is 11.9 Å². The van der Waals surface area contributed by atoms with Crippen molar-refractivity contribution in [3.8, 4) is 0 Å². The van der Waals surface area contributed by atoms with Crippen LogP contribution in [-0.4, -0.2) is 132 Å². The van der Waals surface area contributed by atoms with Crippen LogP contribution in [0.1, 0.15) is 6.92 Å². The van der Waals surface area contributed by atoms with Crippen LogP contribution < -0.4 is 0 Å². The highest BCUT2D eigenvalue weighted by molar-refractivity contribution is 5.95. The highest BCUT2D eigenvalue weighted by Crippen LogP contribution is 2.67. The van der Waals surface area contributed by atoms with Gasteiger partial charge in [-0.05, 0) is 6.92 Å². The molecular weight excluding hydrogens is 1090 g/mol. The molecule has 0 aromatic carbocycles. The van der Waals surface area contributed by atoms with Crippen LogP contribution in [-0.2, 0) is 19.1 Å². The molecule has 0 rings (SSSR count). The minimum absolute atomic E-state index is 0.329. The smallest absolute Gasteiger partial charge is 0.456 e. The lowest BCUT2D eigenvalue weighted by atomic mass is 9.87. The molecule has 0 aliphatic rings. The van der Waals surface area contributed by atoms with Gasteiger partial charge in [0.25, 0.3) is 0 Å². The molecule has 0 saturated carbocycles. The minimum atomic E-state index is -9.41. The van der Waals surface area contributed by atoms with Crippen molar-refractivity contribution in [3.05, 3.63) is 11.6 Å². The molecule has 398 valence electrons. The van der Waals surface area contributed by atoms with Gasteiger partial charge in [0.1, 0.15) is 0 Å². The van der Waals surface area contributed by atoms with Crippen LogP contribution in [0.3, 0.4) is 0 Å². The topological polar surface area (TPSA) is 52.6 Å². The Morgan fingerprint density at radius 1 is 0.299 bits per heavy atom. The van der Waals surface area contributed by atoms with Crippen LogP contribution in [0.5, 0.6) is 0 Å². The van der Waals surface area contributed by atoms with E-state index in [9.17, 15) is 176 Å². The number of alkyl halides is 38. The molecule has 0 aromatic heterocycles. The van der Waals surface area contributed by atoms with Crippen LogP contribution in [0, 0.1) is 0 Å². The molecule has 0 fully saturated rings. The summed E-state index contributed by atoms with van der Waals surface area (Å²) in [4.78, 5) is 23.1. The Labute approximate surface area is 338 Å². The Kier molecular flexibility index (Phi) is 15.6. The van der Waals surface area contributed by atoms with Crippen molar-refractivity contribution in [1.82, 2.24) is 0 Å². The maximum absolute atomic E-state index is 13.9. The Bertz CT molecular complexity index is 1850. The van der Waals surface area contributed by atoms with E-state index in [-0.39, 0.29) is 6.92 Å². The lowest BCUT2D eigenvalue weighted by molar-refractivity contribution is -0.469. The molecule has 0 saturated heterocycles. The lowest BCUT2D eigenvalue weighted by Gasteiger charge is -2.43. The van der Waals surface area contributed by atoms with Crippen molar-refractivity contribution in [3.63, 3.8) is 0 Å². The fraction of sp³-hybridized carbons (Fsp3) is 0.840. The molecule has 0 bridgehead atoms. The van der Waals surface area contributed by atoms with Gasteiger partial charge < -0.3 is 9.47 Å². The summed E-state index contributed by atoms with van der Waals surface area (Å²) in [6.45, 7) is -8.65. The van der Waals surface area contributed by atoms with Crippen molar-refractivity contribution in [2.24, 2.45) is 0 Å². The summed E-state index contributed by atoms with van der Waals surface area (Å²) < 4.78 is 514. The standard InChI is InChI=1S/C25H8F38O4/c1-5(7(65)67-4-9(28,29)11(32,33)13(36,37)15(40,41)17(44,45)19(48,49)21(52,53)23(56,57)25(61,62)63)2-6(64)66-3-8(26,27)10(30,31)12(34,35)14(38,39)16(42,43)18(46,47)20(50,51)22(54,55)24(58,59)60/h2H,3-4H2,1H3/b5-2+. The van der Waals surface area contributed by atoms with E-state index in [1.54, 1.807) is 0 Å². The zero-order valence-electron chi connectivity index (χ0n) is 29.5.